The fourth-order valence-corrected chi connectivity index (χ4v) is 3.44. The minimum Gasteiger partial charge on any atom is -0.376 e. The van der Waals surface area contributed by atoms with Crippen molar-refractivity contribution in [2.24, 2.45) is 11.7 Å². The molecule has 21 heavy (non-hydrogen) atoms. The van der Waals surface area contributed by atoms with Crippen molar-refractivity contribution in [2.75, 3.05) is 19.7 Å². The van der Waals surface area contributed by atoms with E-state index >= 15 is 0 Å². The van der Waals surface area contributed by atoms with E-state index in [1.807, 2.05) is 17.9 Å². The molecule has 1 saturated heterocycles. The van der Waals surface area contributed by atoms with E-state index in [9.17, 15) is 4.79 Å². The van der Waals surface area contributed by atoms with E-state index in [1.54, 1.807) is 11.3 Å². The Morgan fingerprint density at radius 2 is 2.48 bits per heavy atom. The molecule has 1 aromatic rings. The second-order valence-electron chi connectivity index (χ2n) is 5.77. The minimum atomic E-state index is 0.0370. The van der Waals surface area contributed by atoms with Crippen LogP contribution in [0.2, 0.25) is 0 Å². The van der Waals surface area contributed by atoms with Gasteiger partial charge in [-0.3, -0.25) is 4.79 Å². The van der Waals surface area contributed by atoms with Crippen LogP contribution >= 0.6 is 11.3 Å². The van der Waals surface area contributed by atoms with E-state index in [-0.39, 0.29) is 17.9 Å². The number of ether oxygens (including phenoxy) is 1. The number of carbonyl (C=O) groups is 1. The Morgan fingerprint density at radius 1 is 1.62 bits per heavy atom. The molecule has 2 N–H and O–H groups in total. The van der Waals surface area contributed by atoms with Crippen LogP contribution in [0.15, 0.2) is 17.5 Å². The van der Waals surface area contributed by atoms with E-state index in [1.165, 1.54) is 4.88 Å². The number of nitrogens with zero attached hydrogens (tertiary/aromatic N) is 1. The first kappa shape index (κ1) is 16.5. The zero-order valence-corrected chi connectivity index (χ0v) is 13.6. The summed E-state index contributed by atoms with van der Waals surface area (Å²) < 4.78 is 5.70. The molecule has 1 aliphatic heterocycles. The van der Waals surface area contributed by atoms with Gasteiger partial charge in [0.1, 0.15) is 0 Å². The summed E-state index contributed by atoms with van der Waals surface area (Å²) in [6.45, 7) is 4.89. The molecule has 2 rings (SSSR count). The molecule has 2 heterocycles. The molecule has 2 unspecified atom stereocenters. The van der Waals surface area contributed by atoms with Gasteiger partial charge in [0.2, 0.25) is 5.91 Å². The number of amides is 1. The zero-order valence-electron chi connectivity index (χ0n) is 12.8. The molecular weight excluding hydrogens is 284 g/mol. The van der Waals surface area contributed by atoms with Gasteiger partial charge < -0.3 is 15.4 Å². The van der Waals surface area contributed by atoms with Crippen molar-refractivity contribution in [3.8, 4) is 0 Å². The van der Waals surface area contributed by atoms with Gasteiger partial charge in [-0.05, 0) is 43.7 Å². The first-order chi connectivity index (χ1) is 10.2. The van der Waals surface area contributed by atoms with Crippen LogP contribution in [-0.4, -0.2) is 36.6 Å². The maximum absolute atomic E-state index is 12.7. The topological polar surface area (TPSA) is 55.6 Å². The third kappa shape index (κ3) is 5.09. The lowest BCUT2D eigenvalue weighted by atomic mass is 10.0. The molecule has 0 radical (unpaired) electrons. The van der Waals surface area contributed by atoms with Gasteiger partial charge in [-0.1, -0.05) is 13.0 Å². The molecule has 0 saturated carbocycles. The van der Waals surface area contributed by atoms with E-state index in [2.05, 4.69) is 11.4 Å². The molecular formula is C16H26N2O2S. The van der Waals surface area contributed by atoms with Crippen LogP contribution in [0.3, 0.4) is 0 Å². The predicted molar refractivity (Wildman–Crippen MR) is 86.2 cm³/mol. The minimum absolute atomic E-state index is 0.0370. The van der Waals surface area contributed by atoms with Gasteiger partial charge in [0.05, 0.1) is 12.6 Å². The largest absolute Gasteiger partial charge is 0.376 e. The summed E-state index contributed by atoms with van der Waals surface area (Å²) in [5.74, 6) is 0.266. The fourth-order valence-electron chi connectivity index (χ4n) is 2.72. The van der Waals surface area contributed by atoms with Crippen molar-refractivity contribution in [3.63, 3.8) is 0 Å². The lowest BCUT2D eigenvalue weighted by Gasteiger charge is -2.27. The smallest absolute Gasteiger partial charge is 0.225 e. The lowest BCUT2D eigenvalue weighted by Crippen LogP contribution is -2.39. The van der Waals surface area contributed by atoms with Crippen LogP contribution in [-0.2, 0) is 16.1 Å². The third-order valence-electron chi connectivity index (χ3n) is 3.95. The van der Waals surface area contributed by atoms with Gasteiger partial charge in [0, 0.05) is 23.9 Å². The van der Waals surface area contributed by atoms with Crippen LogP contribution in [0, 0.1) is 5.92 Å². The summed E-state index contributed by atoms with van der Waals surface area (Å²) >= 11 is 1.70. The molecule has 0 aromatic carbocycles. The second-order valence-corrected chi connectivity index (χ2v) is 6.80. The molecule has 0 spiro atoms. The molecule has 118 valence electrons. The van der Waals surface area contributed by atoms with Crippen molar-refractivity contribution < 1.29 is 9.53 Å². The van der Waals surface area contributed by atoms with Gasteiger partial charge >= 0.3 is 0 Å². The van der Waals surface area contributed by atoms with Crippen LogP contribution < -0.4 is 5.73 Å². The number of rotatable bonds is 8. The van der Waals surface area contributed by atoms with E-state index in [0.717, 1.165) is 32.3 Å². The molecule has 1 amide bonds. The molecule has 1 fully saturated rings. The van der Waals surface area contributed by atoms with Crippen LogP contribution in [0.4, 0.5) is 0 Å². The highest BCUT2D eigenvalue weighted by atomic mass is 32.1. The highest BCUT2D eigenvalue weighted by molar-refractivity contribution is 7.09. The second kappa shape index (κ2) is 8.51. The summed E-state index contributed by atoms with van der Waals surface area (Å²) in [5.41, 5.74) is 5.55. The molecule has 1 aliphatic rings. The van der Waals surface area contributed by atoms with E-state index in [4.69, 9.17) is 10.5 Å². The molecule has 0 aliphatic carbocycles. The predicted octanol–water partition coefficient (Wildman–Crippen LogP) is 2.63. The van der Waals surface area contributed by atoms with Gasteiger partial charge in [-0.2, -0.15) is 0 Å². The van der Waals surface area contributed by atoms with Gasteiger partial charge in [0.15, 0.2) is 0 Å². The average Bonchev–Trinajstić information content (AvgIpc) is 3.16. The highest BCUT2D eigenvalue weighted by Gasteiger charge is 2.25. The third-order valence-corrected chi connectivity index (χ3v) is 4.81. The van der Waals surface area contributed by atoms with E-state index < -0.39 is 0 Å². The van der Waals surface area contributed by atoms with Crippen molar-refractivity contribution in [1.29, 1.82) is 0 Å². The summed E-state index contributed by atoms with van der Waals surface area (Å²) in [4.78, 5) is 15.9. The normalized spacial score (nSPS) is 19.6. The molecule has 4 nitrogen and oxygen atoms in total. The number of hydrogen-bond acceptors (Lipinski definition) is 4. The van der Waals surface area contributed by atoms with Crippen LogP contribution in [0.1, 0.15) is 37.5 Å². The Labute approximate surface area is 131 Å². The SMILES string of the molecule is CC(CCCN)C(=O)N(Cc1cccs1)CC1CCCO1. The fraction of sp³-hybridized carbons (Fsp3) is 0.688. The summed E-state index contributed by atoms with van der Waals surface area (Å²) in [5, 5.41) is 2.06. The lowest BCUT2D eigenvalue weighted by molar-refractivity contribution is -0.137. The van der Waals surface area contributed by atoms with Gasteiger partial charge in [-0.15, -0.1) is 11.3 Å². The van der Waals surface area contributed by atoms with Gasteiger partial charge in [-0.25, -0.2) is 0 Å². The Hall–Kier alpha value is -0.910. The number of nitrogens with two attached hydrogens (primary N) is 1. The maximum atomic E-state index is 12.7. The first-order valence-electron chi connectivity index (χ1n) is 7.83. The van der Waals surface area contributed by atoms with Crippen molar-refractivity contribution in [1.82, 2.24) is 4.90 Å². The standard InChI is InChI=1S/C16H26N2O2S/c1-13(5-2-8-17)16(19)18(11-14-6-3-9-20-14)12-15-7-4-10-21-15/h4,7,10,13-14H,2-3,5-6,8-9,11-12,17H2,1H3. The highest BCUT2D eigenvalue weighted by Crippen LogP contribution is 2.20. The molecule has 1 aromatic heterocycles. The van der Waals surface area contributed by atoms with Crippen LogP contribution in [0.25, 0.3) is 0 Å². The first-order valence-corrected chi connectivity index (χ1v) is 8.71. The molecule has 5 heteroatoms. The Bertz CT molecular complexity index is 416. The average molecular weight is 310 g/mol. The number of thiophene rings is 1. The quantitative estimate of drug-likeness (QED) is 0.803. The summed E-state index contributed by atoms with van der Waals surface area (Å²) in [7, 11) is 0. The van der Waals surface area contributed by atoms with E-state index in [0.29, 0.717) is 19.6 Å². The zero-order chi connectivity index (χ0) is 15.1. The van der Waals surface area contributed by atoms with Crippen molar-refractivity contribution in [2.45, 2.75) is 45.3 Å². The number of hydrogen-bond donors (Lipinski definition) is 1. The number of carbonyl (C=O) groups excluding carboxylic acids is 1. The Morgan fingerprint density at radius 3 is 3.10 bits per heavy atom. The van der Waals surface area contributed by atoms with Gasteiger partial charge in [0.25, 0.3) is 0 Å². The maximum Gasteiger partial charge on any atom is 0.225 e. The monoisotopic (exact) mass is 310 g/mol. The Kier molecular flexibility index (Phi) is 6.67. The summed E-state index contributed by atoms with van der Waals surface area (Å²) in [6.07, 6.45) is 4.14. The molecule has 2 atom stereocenters. The van der Waals surface area contributed by atoms with Crippen molar-refractivity contribution >= 4 is 17.2 Å². The van der Waals surface area contributed by atoms with Crippen molar-refractivity contribution in [3.05, 3.63) is 22.4 Å². The van der Waals surface area contributed by atoms with Crippen LogP contribution in [0.5, 0.6) is 0 Å². The molecule has 0 bridgehead atoms. The Balaban J connectivity index is 1.97. The summed E-state index contributed by atoms with van der Waals surface area (Å²) in [6, 6.07) is 4.12.